The van der Waals surface area contributed by atoms with Gasteiger partial charge in [-0.25, -0.2) is 4.98 Å². The predicted octanol–water partition coefficient (Wildman–Crippen LogP) is 3.64. The van der Waals surface area contributed by atoms with Crippen LogP contribution in [0.5, 0.6) is 0 Å². The molecule has 29 heavy (non-hydrogen) atoms. The second kappa shape index (κ2) is 8.30. The zero-order chi connectivity index (χ0) is 20.2. The third kappa shape index (κ3) is 4.21. The first-order chi connectivity index (χ1) is 14.1. The van der Waals surface area contributed by atoms with Crippen molar-refractivity contribution in [2.45, 2.75) is 12.8 Å². The molecule has 146 valence electrons. The number of aryl methyl sites for hydroxylation is 1. The van der Waals surface area contributed by atoms with Crippen molar-refractivity contribution in [2.75, 3.05) is 17.6 Å². The number of carbonyl (C=O) groups excluding carboxylic acids is 1. The van der Waals surface area contributed by atoms with E-state index in [0.717, 1.165) is 20.3 Å². The van der Waals surface area contributed by atoms with Gasteiger partial charge in [-0.1, -0.05) is 29.5 Å². The Morgan fingerprint density at radius 1 is 1.28 bits per heavy atom. The second-order valence-electron chi connectivity index (χ2n) is 6.22. The molecule has 1 amide bonds. The van der Waals surface area contributed by atoms with Crippen LogP contribution in [0.1, 0.15) is 27.3 Å². The lowest BCUT2D eigenvalue weighted by Gasteiger charge is -2.03. The van der Waals surface area contributed by atoms with Gasteiger partial charge in [-0.15, -0.1) is 11.3 Å². The van der Waals surface area contributed by atoms with E-state index in [0.29, 0.717) is 35.5 Å². The summed E-state index contributed by atoms with van der Waals surface area (Å²) < 4.78 is 0.977. The third-order valence-electron chi connectivity index (χ3n) is 4.21. The Morgan fingerprint density at radius 2 is 2.10 bits per heavy atom. The SMILES string of the molecule is N#Cc1c(N)n[nH]c1CCCNC(=O)c1cc2sc(Nc3ccccc3)nc2s1. The number of H-pyrrole nitrogens is 1. The van der Waals surface area contributed by atoms with Crippen molar-refractivity contribution < 1.29 is 4.79 Å². The molecule has 0 radical (unpaired) electrons. The summed E-state index contributed by atoms with van der Waals surface area (Å²) in [5.74, 6) is 0.0845. The van der Waals surface area contributed by atoms with Crippen LogP contribution >= 0.6 is 22.7 Å². The number of para-hydroxylation sites is 1. The van der Waals surface area contributed by atoms with Gasteiger partial charge in [0.1, 0.15) is 16.5 Å². The number of benzene rings is 1. The molecule has 5 N–H and O–H groups in total. The zero-order valence-corrected chi connectivity index (χ0v) is 16.9. The Bertz CT molecular complexity index is 1160. The van der Waals surface area contributed by atoms with Gasteiger partial charge in [0, 0.05) is 12.2 Å². The number of nitrogens with two attached hydrogens (primary N) is 1. The van der Waals surface area contributed by atoms with Crippen LogP contribution < -0.4 is 16.4 Å². The average molecular weight is 424 g/mol. The highest BCUT2D eigenvalue weighted by molar-refractivity contribution is 7.29. The van der Waals surface area contributed by atoms with Gasteiger partial charge in [0.2, 0.25) is 0 Å². The molecule has 0 unspecified atom stereocenters. The minimum absolute atomic E-state index is 0.123. The van der Waals surface area contributed by atoms with E-state index in [4.69, 9.17) is 11.0 Å². The molecule has 4 rings (SSSR count). The molecular formula is C19H17N7OS2. The lowest BCUT2D eigenvalue weighted by Crippen LogP contribution is -2.23. The Kier molecular flexibility index (Phi) is 5.41. The molecule has 0 aliphatic carbocycles. The van der Waals surface area contributed by atoms with Crippen LogP contribution in [0.3, 0.4) is 0 Å². The van der Waals surface area contributed by atoms with Gasteiger partial charge in [0.05, 0.1) is 15.3 Å². The van der Waals surface area contributed by atoms with E-state index in [2.05, 4.69) is 25.8 Å². The minimum Gasteiger partial charge on any atom is -0.381 e. The van der Waals surface area contributed by atoms with Gasteiger partial charge in [0.25, 0.3) is 5.91 Å². The maximum Gasteiger partial charge on any atom is 0.261 e. The average Bonchev–Trinajstić information content (AvgIpc) is 3.38. The van der Waals surface area contributed by atoms with E-state index in [1.54, 1.807) is 0 Å². The lowest BCUT2D eigenvalue weighted by atomic mass is 10.1. The molecule has 0 atom stereocenters. The molecule has 0 aliphatic heterocycles. The summed E-state index contributed by atoms with van der Waals surface area (Å²) in [4.78, 5) is 18.4. The van der Waals surface area contributed by atoms with E-state index in [1.807, 2.05) is 42.5 Å². The number of carbonyl (C=O) groups is 1. The van der Waals surface area contributed by atoms with Crippen molar-refractivity contribution >= 4 is 54.7 Å². The smallest absolute Gasteiger partial charge is 0.261 e. The summed E-state index contributed by atoms with van der Waals surface area (Å²) >= 11 is 2.89. The number of anilines is 3. The van der Waals surface area contributed by atoms with Gasteiger partial charge >= 0.3 is 0 Å². The first-order valence-corrected chi connectivity index (χ1v) is 10.5. The van der Waals surface area contributed by atoms with Crippen molar-refractivity contribution in [2.24, 2.45) is 0 Å². The number of amides is 1. The van der Waals surface area contributed by atoms with Gasteiger partial charge in [-0.3, -0.25) is 9.89 Å². The highest BCUT2D eigenvalue weighted by Crippen LogP contribution is 2.34. The molecule has 0 aliphatic rings. The number of hydrogen-bond donors (Lipinski definition) is 4. The Balaban J connectivity index is 1.32. The van der Waals surface area contributed by atoms with E-state index in [1.165, 1.54) is 22.7 Å². The molecule has 3 aromatic heterocycles. The van der Waals surface area contributed by atoms with Crippen LogP contribution in [0, 0.1) is 11.3 Å². The van der Waals surface area contributed by atoms with Crippen LogP contribution in [0.25, 0.3) is 9.53 Å². The molecule has 10 heteroatoms. The zero-order valence-electron chi connectivity index (χ0n) is 15.2. The monoisotopic (exact) mass is 423 g/mol. The number of nitriles is 1. The molecule has 0 bridgehead atoms. The van der Waals surface area contributed by atoms with Gasteiger partial charge in [0.15, 0.2) is 10.9 Å². The number of aromatic amines is 1. The maximum atomic E-state index is 12.4. The highest BCUT2D eigenvalue weighted by Gasteiger charge is 2.14. The summed E-state index contributed by atoms with van der Waals surface area (Å²) in [6.45, 7) is 0.489. The van der Waals surface area contributed by atoms with Crippen molar-refractivity contribution in [3.05, 3.63) is 52.5 Å². The van der Waals surface area contributed by atoms with Crippen molar-refractivity contribution in [3.8, 4) is 6.07 Å². The fraction of sp³-hybridized carbons (Fsp3) is 0.158. The molecular weight excluding hydrogens is 406 g/mol. The Morgan fingerprint density at radius 3 is 2.86 bits per heavy atom. The number of nitrogens with one attached hydrogen (secondary N) is 3. The molecule has 0 saturated heterocycles. The molecule has 0 fully saturated rings. The lowest BCUT2D eigenvalue weighted by molar-refractivity contribution is 0.0957. The quantitative estimate of drug-likeness (QED) is 0.336. The summed E-state index contributed by atoms with van der Waals surface area (Å²) in [6.07, 6.45) is 1.26. The van der Waals surface area contributed by atoms with Crippen molar-refractivity contribution in [3.63, 3.8) is 0 Å². The summed E-state index contributed by atoms with van der Waals surface area (Å²) in [6, 6.07) is 13.7. The normalized spacial score (nSPS) is 10.7. The Hall–Kier alpha value is -3.42. The third-order valence-corrected chi connectivity index (χ3v) is 6.28. The van der Waals surface area contributed by atoms with Crippen molar-refractivity contribution in [1.29, 1.82) is 5.26 Å². The summed E-state index contributed by atoms with van der Waals surface area (Å²) in [7, 11) is 0. The number of aromatic nitrogens is 3. The van der Waals surface area contributed by atoms with Crippen LogP contribution in [-0.2, 0) is 6.42 Å². The van der Waals surface area contributed by atoms with Crippen LogP contribution in [0.4, 0.5) is 16.6 Å². The van der Waals surface area contributed by atoms with Crippen LogP contribution in [-0.4, -0.2) is 27.6 Å². The molecule has 8 nitrogen and oxygen atoms in total. The predicted molar refractivity (Wildman–Crippen MR) is 116 cm³/mol. The van der Waals surface area contributed by atoms with Gasteiger partial charge in [-0.2, -0.15) is 10.4 Å². The molecule has 0 saturated carbocycles. The van der Waals surface area contributed by atoms with Crippen molar-refractivity contribution in [1.82, 2.24) is 20.5 Å². The fourth-order valence-corrected chi connectivity index (χ4v) is 4.85. The molecule has 3 heterocycles. The van der Waals surface area contributed by atoms with Gasteiger partial charge < -0.3 is 16.4 Å². The number of nitrogens with zero attached hydrogens (tertiary/aromatic N) is 3. The number of hydrogen-bond acceptors (Lipinski definition) is 8. The fourth-order valence-electron chi connectivity index (χ4n) is 2.80. The maximum absolute atomic E-state index is 12.4. The standard InChI is InChI=1S/C19H17N7OS2/c20-10-12-13(25-26-16(12)21)7-4-8-22-17(27)14-9-15-18(28-14)24-19(29-15)23-11-5-2-1-3-6-11/h1-3,5-6,9H,4,7-8H2,(H,22,27)(H,23,24)(H3,21,25,26). The topological polar surface area (TPSA) is 133 Å². The van der Waals surface area contributed by atoms with E-state index >= 15 is 0 Å². The van der Waals surface area contributed by atoms with Crippen LogP contribution in [0.2, 0.25) is 0 Å². The number of fused-ring (bicyclic) bond motifs is 1. The number of nitrogen functional groups attached to an aromatic ring is 1. The van der Waals surface area contributed by atoms with E-state index in [9.17, 15) is 4.79 Å². The molecule has 4 aromatic rings. The summed E-state index contributed by atoms with van der Waals surface area (Å²) in [5, 5.41) is 22.6. The van der Waals surface area contributed by atoms with Crippen LogP contribution in [0.15, 0.2) is 36.4 Å². The minimum atomic E-state index is -0.123. The first kappa shape index (κ1) is 18.9. The largest absolute Gasteiger partial charge is 0.381 e. The Labute approximate surface area is 174 Å². The number of thiazole rings is 1. The highest BCUT2D eigenvalue weighted by atomic mass is 32.1. The molecule has 1 aromatic carbocycles. The van der Waals surface area contributed by atoms with Gasteiger partial charge in [-0.05, 0) is 31.0 Å². The molecule has 0 spiro atoms. The number of rotatable bonds is 7. The second-order valence-corrected chi connectivity index (χ2v) is 8.29. The van der Waals surface area contributed by atoms with E-state index in [-0.39, 0.29) is 11.7 Å². The number of thiophene rings is 1. The summed E-state index contributed by atoms with van der Waals surface area (Å²) in [5.41, 5.74) is 7.66. The first-order valence-electron chi connectivity index (χ1n) is 8.87. The van der Waals surface area contributed by atoms with E-state index < -0.39 is 0 Å².